The van der Waals surface area contributed by atoms with E-state index < -0.39 is 0 Å². The van der Waals surface area contributed by atoms with Crippen LogP contribution in [0.25, 0.3) is 10.8 Å². The molecule has 0 amide bonds. The summed E-state index contributed by atoms with van der Waals surface area (Å²) in [6.45, 7) is 7.85. The Morgan fingerprint density at radius 3 is 2.30 bits per heavy atom. The van der Waals surface area contributed by atoms with Crippen molar-refractivity contribution >= 4 is 16.7 Å². The predicted octanol–water partition coefficient (Wildman–Crippen LogP) is 7.95. The molecule has 1 unspecified atom stereocenters. The molecule has 0 saturated heterocycles. The van der Waals surface area contributed by atoms with Crippen LogP contribution in [0.4, 0.5) is 0 Å². The van der Waals surface area contributed by atoms with Crippen LogP contribution in [0.3, 0.4) is 0 Å². The fraction of sp³-hybridized carbons (Fsp3) is 0.593. The van der Waals surface area contributed by atoms with Gasteiger partial charge in [0.05, 0.1) is 18.8 Å². The van der Waals surface area contributed by atoms with Gasteiger partial charge in [0.2, 0.25) is 0 Å². The number of fused-ring (bicyclic) bond motifs is 1. The quantitative estimate of drug-likeness (QED) is 0.220. The lowest BCUT2D eigenvalue weighted by Crippen LogP contribution is -2.12. The van der Waals surface area contributed by atoms with Crippen molar-refractivity contribution in [1.29, 1.82) is 0 Å². The van der Waals surface area contributed by atoms with Crippen LogP contribution in [0.1, 0.15) is 95.3 Å². The molecule has 0 aromatic heterocycles. The van der Waals surface area contributed by atoms with Gasteiger partial charge in [0, 0.05) is 0 Å². The molecule has 0 fully saturated rings. The van der Waals surface area contributed by atoms with Crippen LogP contribution in [0.2, 0.25) is 0 Å². The minimum atomic E-state index is -0.234. The van der Waals surface area contributed by atoms with Crippen molar-refractivity contribution in [3.8, 4) is 5.75 Å². The summed E-state index contributed by atoms with van der Waals surface area (Å²) in [5.41, 5.74) is 0.615. The minimum Gasteiger partial charge on any atom is -0.494 e. The Kier molecular flexibility index (Phi) is 11.4. The van der Waals surface area contributed by atoms with Crippen LogP contribution in [-0.2, 0) is 4.74 Å². The topological polar surface area (TPSA) is 35.5 Å². The molecule has 0 N–H and O–H groups in total. The first kappa shape index (κ1) is 24.2. The normalized spacial score (nSPS) is 12.1. The second-order valence-corrected chi connectivity index (χ2v) is 8.54. The smallest absolute Gasteiger partial charge is 0.338 e. The molecule has 2 aromatic rings. The number of hydrogen-bond acceptors (Lipinski definition) is 3. The Balaban J connectivity index is 1.80. The zero-order valence-corrected chi connectivity index (χ0v) is 19.3. The second kappa shape index (κ2) is 14.1. The third-order valence-corrected chi connectivity index (χ3v) is 5.61. The van der Waals surface area contributed by atoms with Crippen LogP contribution < -0.4 is 4.74 Å². The number of carbonyl (C=O) groups is 1. The summed E-state index contributed by atoms with van der Waals surface area (Å²) >= 11 is 0. The molecule has 3 nitrogen and oxygen atoms in total. The molecule has 0 spiro atoms. The van der Waals surface area contributed by atoms with Crippen molar-refractivity contribution in [2.75, 3.05) is 13.2 Å². The van der Waals surface area contributed by atoms with Crippen LogP contribution in [-0.4, -0.2) is 19.2 Å². The van der Waals surface area contributed by atoms with Gasteiger partial charge in [-0.3, -0.25) is 0 Å². The molecule has 1 atom stereocenters. The monoisotopic (exact) mass is 412 g/mol. The van der Waals surface area contributed by atoms with E-state index in [1.54, 1.807) is 0 Å². The van der Waals surface area contributed by atoms with Gasteiger partial charge in [0.15, 0.2) is 0 Å². The highest BCUT2D eigenvalue weighted by atomic mass is 16.5. The summed E-state index contributed by atoms with van der Waals surface area (Å²) < 4.78 is 11.4. The number of unbranched alkanes of at least 4 members (excludes halogenated alkanes) is 7. The summed E-state index contributed by atoms with van der Waals surface area (Å²) in [4.78, 5) is 12.4. The van der Waals surface area contributed by atoms with Crippen LogP contribution >= 0.6 is 0 Å². The van der Waals surface area contributed by atoms with Crippen LogP contribution in [0.5, 0.6) is 5.75 Å². The molecular formula is C27H40O3. The maximum absolute atomic E-state index is 12.4. The predicted molar refractivity (Wildman–Crippen MR) is 126 cm³/mol. The van der Waals surface area contributed by atoms with Crippen molar-refractivity contribution in [2.45, 2.75) is 85.0 Å². The summed E-state index contributed by atoms with van der Waals surface area (Å²) in [5, 5.41) is 2.12. The minimum absolute atomic E-state index is 0.234. The highest BCUT2D eigenvalue weighted by Gasteiger charge is 2.11. The molecule has 0 aliphatic heterocycles. The van der Waals surface area contributed by atoms with Gasteiger partial charge < -0.3 is 9.47 Å². The van der Waals surface area contributed by atoms with Gasteiger partial charge in [-0.15, -0.1) is 0 Å². The number of rotatable bonds is 15. The van der Waals surface area contributed by atoms with Crippen LogP contribution in [0.15, 0.2) is 36.4 Å². The molecule has 166 valence electrons. The van der Waals surface area contributed by atoms with E-state index in [1.807, 2.05) is 30.3 Å². The molecule has 2 aromatic carbocycles. The Labute approximate surface area is 183 Å². The maximum Gasteiger partial charge on any atom is 0.338 e. The second-order valence-electron chi connectivity index (χ2n) is 8.54. The summed E-state index contributed by atoms with van der Waals surface area (Å²) in [5.74, 6) is 1.07. The molecule has 2 rings (SSSR count). The SMILES string of the molecule is CCCCCCCCOc1ccc2cc(C(=O)OCC(C)CCCCC)ccc2c1. The third kappa shape index (κ3) is 8.77. The number of hydrogen-bond donors (Lipinski definition) is 0. The Morgan fingerprint density at radius 1 is 0.833 bits per heavy atom. The van der Waals surface area contributed by atoms with E-state index in [0.29, 0.717) is 18.1 Å². The fourth-order valence-corrected chi connectivity index (χ4v) is 3.64. The highest BCUT2D eigenvalue weighted by molar-refractivity contribution is 5.95. The summed E-state index contributed by atoms with van der Waals surface area (Å²) in [7, 11) is 0. The molecule has 0 aliphatic rings. The first-order valence-corrected chi connectivity index (χ1v) is 12.0. The van der Waals surface area contributed by atoms with Gasteiger partial charge >= 0.3 is 5.97 Å². The number of benzene rings is 2. The number of carbonyl (C=O) groups excluding carboxylic acids is 1. The lowest BCUT2D eigenvalue weighted by atomic mass is 10.0. The van der Waals surface area contributed by atoms with Crippen molar-refractivity contribution in [2.24, 2.45) is 5.92 Å². The van der Waals surface area contributed by atoms with E-state index in [4.69, 9.17) is 9.47 Å². The first-order chi connectivity index (χ1) is 14.6. The Bertz CT molecular complexity index is 753. The average molecular weight is 413 g/mol. The zero-order valence-electron chi connectivity index (χ0n) is 19.3. The van der Waals surface area contributed by atoms with E-state index in [0.717, 1.165) is 36.0 Å². The molecule has 3 heteroatoms. The fourth-order valence-electron chi connectivity index (χ4n) is 3.64. The average Bonchev–Trinajstić information content (AvgIpc) is 2.76. The lowest BCUT2D eigenvalue weighted by molar-refractivity contribution is 0.0443. The molecule has 0 heterocycles. The molecule has 0 saturated carbocycles. The van der Waals surface area contributed by atoms with Crippen molar-refractivity contribution in [3.05, 3.63) is 42.0 Å². The van der Waals surface area contributed by atoms with Crippen molar-refractivity contribution in [1.82, 2.24) is 0 Å². The van der Waals surface area contributed by atoms with Gasteiger partial charge in [-0.1, -0.05) is 84.3 Å². The Hall–Kier alpha value is -2.03. The molecule has 30 heavy (non-hydrogen) atoms. The van der Waals surface area contributed by atoms with E-state index in [1.165, 1.54) is 51.4 Å². The maximum atomic E-state index is 12.4. The molecule has 0 aliphatic carbocycles. The number of ether oxygens (including phenoxy) is 2. The molecule has 0 radical (unpaired) electrons. The van der Waals surface area contributed by atoms with Gasteiger partial charge in [0.1, 0.15) is 5.75 Å². The van der Waals surface area contributed by atoms with Crippen LogP contribution in [0, 0.1) is 5.92 Å². The van der Waals surface area contributed by atoms with Gasteiger partial charge in [-0.05, 0) is 53.8 Å². The largest absolute Gasteiger partial charge is 0.494 e. The van der Waals surface area contributed by atoms with E-state index in [9.17, 15) is 4.79 Å². The van der Waals surface area contributed by atoms with E-state index in [2.05, 4.69) is 26.8 Å². The highest BCUT2D eigenvalue weighted by Crippen LogP contribution is 2.23. The lowest BCUT2D eigenvalue weighted by Gasteiger charge is -2.12. The standard InChI is InChI=1S/C27H40O3/c1-4-6-8-9-10-12-18-29-26-17-16-23-19-25(15-14-24(23)20-26)27(28)30-21-22(3)13-11-7-5-2/h14-17,19-20,22H,4-13,18,21H2,1-3H3. The van der Waals surface area contributed by atoms with E-state index in [-0.39, 0.29) is 5.97 Å². The van der Waals surface area contributed by atoms with E-state index >= 15 is 0 Å². The van der Waals surface area contributed by atoms with Gasteiger partial charge in [-0.2, -0.15) is 0 Å². The third-order valence-electron chi connectivity index (χ3n) is 5.61. The first-order valence-electron chi connectivity index (χ1n) is 12.0. The molecule has 0 bridgehead atoms. The number of esters is 1. The van der Waals surface area contributed by atoms with Gasteiger partial charge in [0.25, 0.3) is 0 Å². The van der Waals surface area contributed by atoms with Crippen molar-refractivity contribution in [3.63, 3.8) is 0 Å². The molecular weight excluding hydrogens is 372 g/mol. The zero-order chi connectivity index (χ0) is 21.6. The summed E-state index contributed by atoms with van der Waals surface area (Å²) in [6.07, 6.45) is 12.3. The summed E-state index contributed by atoms with van der Waals surface area (Å²) in [6, 6.07) is 11.8. The van der Waals surface area contributed by atoms with Gasteiger partial charge in [-0.25, -0.2) is 4.79 Å². The van der Waals surface area contributed by atoms with Crippen molar-refractivity contribution < 1.29 is 14.3 Å². The Morgan fingerprint density at radius 2 is 1.50 bits per heavy atom.